The number of halogens is 4. The van der Waals surface area contributed by atoms with E-state index in [0.717, 1.165) is 12.1 Å². The lowest BCUT2D eigenvalue weighted by Gasteiger charge is -2.29. The van der Waals surface area contributed by atoms with E-state index in [-0.39, 0.29) is 39.8 Å². The zero-order valence-corrected chi connectivity index (χ0v) is 40.0. The molecule has 3 heterocycles. The lowest BCUT2D eigenvalue weighted by molar-refractivity contribution is -0.137. The number of alkyl carbamates (subject to hydrolysis) is 2. The van der Waals surface area contributed by atoms with Crippen LogP contribution in [0, 0.1) is 0 Å². The van der Waals surface area contributed by atoms with Gasteiger partial charge in [-0.3, -0.25) is 4.57 Å². The Morgan fingerprint density at radius 2 is 1.21 bits per heavy atom. The molecule has 0 aliphatic carbocycles. The van der Waals surface area contributed by atoms with Crippen molar-refractivity contribution >= 4 is 70.0 Å². The Kier molecular flexibility index (Phi) is 15.7. The van der Waals surface area contributed by atoms with Gasteiger partial charge in [0.2, 0.25) is 17.8 Å². The first kappa shape index (κ1) is 51.8. The molecule has 0 radical (unpaired) electrons. The van der Waals surface area contributed by atoms with E-state index < -0.39 is 40.7 Å². The fourth-order valence-electron chi connectivity index (χ4n) is 5.35. The van der Waals surface area contributed by atoms with Crippen molar-refractivity contribution in [2.24, 2.45) is 0 Å². The molecule has 0 spiro atoms. The molecule has 3 aromatic heterocycles. The molecular formula is C42H65ClF3N13O4. The summed E-state index contributed by atoms with van der Waals surface area (Å²) < 4.78 is 52.9. The van der Waals surface area contributed by atoms with Crippen LogP contribution in [0.4, 0.5) is 57.8 Å². The fourth-order valence-corrected chi connectivity index (χ4v) is 5.59. The zero-order valence-electron chi connectivity index (χ0n) is 39.2. The SMILES string of the molecule is CC(C)(C)NC(=O)OC(C)(C)CNc1nc(NC(C)(C)C)ncc1N.CC(C)(C)NC(=O)OC(C)(C)Cn1c(Nc2cc(Cl)cc(C(F)(F)F)c2)nc2cnc(NC(C)(C)C)nc21. The highest BCUT2D eigenvalue weighted by molar-refractivity contribution is 6.31. The van der Waals surface area contributed by atoms with Crippen LogP contribution in [-0.4, -0.2) is 81.6 Å². The second-order valence-electron chi connectivity index (χ2n) is 20.4. The number of hydrogen-bond acceptors (Lipinski definition) is 14. The number of alkyl halides is 3. The van der Waals surface area contributed by atoms with Crippen LogP contribution >= 0.6 is 11.6 Å². The van der Waals surface area contributed by atoms with Crippen molar-refractivity contribution in [1.82, 2.24) is 40.1 Å². The maximum absolute atomic E-state index is 13.4. The van der Waals surface area contributed by atoms with Crippen LogP contribution in [-0.2, 0) is 22.2 Å². The summed E-state index contributed by atoms with van der Waals surface area (Å²) in [5.41, 5.74) is 3.13. The molecule has 0 aliphatic rings. The molecule has 0 atom stereocenters. The molecule has 4 rings (SSSR count). The molecule has 0 unspecified atom stereocenters. The topological polar surface area (TPSA) is 220 Å². The van der Waals surface area contributed by atoms with Crippen LogP contribution in [0.2, 0.25) is 5.02 Å². The number of anilines is 6. The van der Waals surface area contributed by atoms with Crippen LogP contribution in [0.3, 0.4) is 0 Å². The average molecular weight is 909 g/mol. The van der Waals surface area contributed by atoms with Crippen molar-refractivity contribution in [3.8, 4) is 0 Å². The predicted molar refractivity (Wildman–Crippen MR) is 244 cm³/mol. The lowest BCUT2D eigenvalue weighted by Crippen LogP contribution is -2.46. The van der Waals surface area contributed by atoms with Gasteiger partial charge >= 0.3 is 18.4 Å². The van der Waals surface area contributed by atoms with E-state index in [1.54, 1.807) is 24.6 Å². The smallest absolute Gasteiger partial charge is 0.416 e. The number of nitrogen functional groups attached to an aromatic ring is 1. The molecule has 0 fully saturated rings. The number of benzene rings is 1. The summed E-state index contributed by atoms with van der Waals surface area (Å²) in [5.74, 6) is 1.48. The van der Waals surface area contributed by atoms with Crippen molar-refractivity contribution in [3.63, 3.8) is 0 Å². The van der Waals surface area contributed by atoms with Gasteiger partial charge < -0.3 is 47.1 Å². The Morgan fingerprint density at radius 3 is 1.71 bits per heavy atom. The molecule has 63 heavy (non-hydrogen) atoms. The number of carbonyl (C=O) groups is 2. The number of nitrogens with one attached hydrogen (secondary N) is 6. The predicted octanol–water partition coefficient (Wildman–Crippen LogP) is 9.74. The van der Waals surface area contributed by atoms with Gasteiger partial charge in [-0.25, -0.2) is 24.5 Å². The average Bonchev–Trinajstić information content (AvgIpc) is 3.35. The minimum absolute atomic E-state index is 0.0715. The van der Waals surface area contributed by atoms with Crippen molar-refractivity contribution in [1.29, 1.82) is 0 Å². The molecule has 1 aromatic carbocycles. The van der Waals surface area contributed by atoms with Crippen LogP contribution < -0.4 is 37.6 Å². The van der Waals surface area contributed by atoms with Gasteiger partial charge in [0.05, 0.1) is 36.7 Å². The number of aromatic nitrogens is 6. The van der Waals surface area contributed by atoms with Crippen molar-refractivity contribution in [2.75, 3.05) is 33.5 Å². The Bertz CT molecular complexity index is 2220. The first-order valence-corrected chi connectivity index (χ1v) is 20.6. The normalized spacial score (nSPS) is 12.8. The number of rotatable bonds is 11. The van der Waals surface area contributed by atoms with E-state index in [1.165, 1.54) is 12.3 Å². The van der Waals surface area contributed by atoms with Gasteiger partial charge in [0.25, 0.3) is 0 Å². The van der Waals surface area contributed by atoms with E-state index >= 15 is 0 Å². The third kappa shape index (κ3) is 18.4. The Morgan fingerprint density at radius 1 is 0.698 bits per heavy atom. The maximum Gasteiger partial charge on any atom is 0.416 e. The number of amides is 2. The quantitative estimate of drug-likeness (QED) is 0.0745. The summed E-state index contributed by atoms with van der Waals surface area (Å²) in [4.78, 5) is 46.4. The van der Waals surface area contributed by atoms with E-state index in [0.29, 0.717) is 41.1 Å². The van der Waals surface area contributed by atoms with Crippen molar-refractivity contribution < 1.29 is 32.2 Å². The van der Waals surface area contributed by atoms with Gasteiger partial charge in [0.1, 0.15) is 16.7 Å². The number of hydrogen-bond donors (Lipinski definition) is 7. The highest BCUT2D eigenvalue weighted by atomic mass is 35.5. The number of nitrogens with zero attached hydrogens (tertiary/aromatic N) is 6. The second kappa shape index (κ2) is 19.1. The largest absolute Gasteiger partial charge is 0.442 e. The first-order valence-electron chi connectivity index (χ1n) is 20.2. The second-order valence-corrected chi connectivity index (χ2v) is 20.9. The summed E-state index contributed by atoms with van der Waals surface area (Å²) in [6, 6.07) is 3.14. The molecule has 8 N–H and O–H groups in total. The number of ether oxygens (including phenoxy) is 2. The third-order valence-electron chi connectivity index (χ3n) is 7.67. The van der Waals surface area contributed by atoms with Gasteiger partial charge in [-0.1, -0.05) is 11.6 Å². The van der Waals surface area contributed by atoms with E-state index in [4.69, 9.17) is 26.8 Å². The molecule has 350 valence electrons. The molecule has 0 aliphatic heterocycles. The van der Waals surface area contributed by atoms with Crippen LogP contribution in [0.1, 0.15) is 116 Å². The third-order valence-corrected chi connectivity index (χ3v) is 7.89. The summed E-state index contributed by atoms with van der Waals surface area (Å²) in [7, 11) is 0. The minimum Gasteiger partial charge on any atom is -0.442 e. The van der Waals surface area contributed by atoms with Gasteiger partial charge in [-0.2, -0.15) is 23.1 Å². The highest BCUT2D eigenvalue weighted by Crippen LogP contribution is 2.35. The van der Waals surface area contributed by atoms with E-state index in [1.807, 2.05) is 96.9 Å². The maximum atomic E-state index is 13.4. The molecule has 0 bridgehead atoms. The van der Waals surface area contributed by atoms with Crippen LogP contribution in [0.5, 0.6) is 0 Å². The monoisotopic (exact) mass is 907 g/mol. The summed E-state index contributed by atoms with van der Waals surface area (Å²) in [6.45, 7) is 30.5. The van der Waals surface area contributed by atoms with Gasteiger partial charge in [-0.15, -0.1) is 0 Å². The fraction of sp³-hybridized carbons (Fsp3) is 0.595. The van der Waals surface area contributed by atoms with Crippen molar-refractivity contribution in [2.45, 2.75) is 157 Å². The van der Waals surface area contributed by atoms with Gasteiger partial charge in [0.15, 0.2) is 11.5 Å². The summed E-state index contributed by atoms with van der Waals surface area (Å²) in [6.07, 6.45) is -2.61. The van der Waals surface area contributed by atoms with Crippen LogP contribution in [0.15, 0.2) is 30.6 Å². The zero-order chi connectivity index (χ0) is 48.1. The van der Waals surface area contributed by atoms with E-state index in [2.05, 4.69) is 56.8 Å². The number of fused-ring (bicyclic) bond motifs is 1. The summed E-state index contributed by atoms with van der Waals surface area (Å²) >= 11 is 5.98. The number of carbonyl (C=O) groups excluding carboxylic acids is 2. The lowest BCUT2D eigenvalue weighted by atomic mass is 10.1. The molecular weight excluding hydrogens is 843 g/mol. The molecule has 4 aromatic rings. The Labute approximate surface area is 373 Å². The molecule has 0 saturated carbocycles. The van der Waals surface area contributed by atoms with Gasteiger partial charge in [-0.05, 0) is 129 Å². The first-order chi connectivity index (χ1) is 28.4. The van der Waals surface area contributed by atoms with Crippen LogP contribution in [0.25, 0.3) is 11.2 Å². The Hall–Kier alpha value is -5.53. The minimum atomic E-state index is -4.59. The number of imidazole rings is 1. The van der Waals surface area contributed by atoms with Crippen molar-refractivity contribution in [3.05, 3.63) is 41.2 Å². The molecule has 21 heteroatoms. The molecule has 0 saturated heterocycles. The Balaban J connectivity index is 0.000000367. The summed E-state index contributed by atoms with van der Waals surface area (Å²) in [5, 5.41) is 17.9. The standard InChI is InChI=1S/C25H33ClF3N7O2.C17H32N6O2/c1-22(2,3)34-19-30-12-17-18(33-19)36(13-24(7,8)38-21(37)35-23(4,5)6)20(32-17)31-16-10-14(25(27,28)29)9-15(26)11-16;1-15(2,3)22-13-19-9-11(18)12(21-13)20-10-17(7,8)25-14(24)23-16(4,5)6/h9-12H,13H2,1-8H3,(H,31,32)(H,35,37)(H,30,33,34);9H,10,18H2,1-8H3,(H,23,24)(H2,19,20,21,22). The highest BCUT2D eigenvalue weighted by Gasteiger charge is 2.33. The molecule has 2 amide bonds. The number of nitrogens with two attached hydrogens (primary N) is 1. The molecule has 17 nitrogen and oxygen atoms in total. The van der Waals surface area contributed by atoms with E-state index in [9.17, 15) is 22.8 Å². The van der Waals surface area contributed by atoms with Gasteiger partial charge in [0, 0.05) is 32.9 Å².